The maximum atomic E-state index is 13.0. The van der Waals surface area contributed by atoms with Gasteiger partial charge in [0.2, 0.25) is 11.8 Å². The molecule has 31 heavy (non-hydrogen) atoms. The van der Waals surface area contributed by atoms with Gasteiger partial charge in [0.05, 0.1) is 22.0 Å². The van der Waals surface area contributed by atoms with Crippen molar-refractivity contribution in [2.24, 2.45) is 0 Å². The molecule has 2 amide bonds. The Morgan fingerprint density at radius 3 is 2.68 bits per heavy atom. The van der Waals surface area contributed by atoms with Crippen molar-refractivity contribution in [1.29, 1.82) is 0 Å². The van der Waals surface area contributed by atoms with E-state index in [4.69, 9.17) is 0 Å². The minimum absolute atomic E-state index is 0.0590. The second kappa shape index (κ2) is 9.01. The first-order chi connectivity index (χ1) is 14.9. The molecule has 3 aromatic rings. The fraction of sp³-hybridized carbons (Fsp3) is 0.391. The monoisotopic (exact) mass is 437 g/mol. The third-order valence-electron chi connectivity index (χ3n) is 5.77. The van der Waals surface area contributed by atoms with Gasteiger partial charge in [0.1, 0.15) is 11.9 Å². The van der Waals surface area contributed by atoms with Gasteiger partial charge in [-0.05, 0) is 44.7 Å². The Hall–Kier alpha value is -3.00. The molecule has 3 heterocycles. The van der Waals surface area contributed by atoms with Crippen LogP contribution in [0.1, 0.15) is 48.5 Å². The Balaban J connectivity index is 1.36. The third-order valence-corrected chi connectivity index (χ3v) is 6.75. The smallest absolute Gasteiger partial charge is 0.243 e. The lowest BCUT2D eigenvalue weighted by Gasteiger charge is -2.26. The molecule has 2 unspecified atom stereocenters. The topological polar surface area (TPSA) is 91.0 Å². The number of aromatic amines is 1. The predicted molar refractivity (Wildman–Crippen MR) is 121 cm³/mol. The van der Waals surface area contributed by atoms with Gasteiger partial charge in [-0.25, -0.2) is 9.97 Å². The summed E-state index contributed by atoms with van der Waals surface area (Å²) >= 11 is 1.62. The number of carbonyl (C=O) groups is 2. The summed E-state index contributed by atoms with van der Waals surface area (Å²) in [5.41, 5.74) is 5.94. The van der Waals surface area contributed by atoms with E-state index >= 15 is 0 Å². The zero-order valence-electron chi connectivity index (χ0n) is 18.0. The van der Waals surface area contributed by atoms with Crippen LogP contribution in [0.25, 0.3) is 10.4 Å². The first kappa shape index (κ1) is 21.2. The number of imidazole rings is 1. The third kappa shape index (κ3) is 4.54. The molecule has 0 bridgehead atoms. The summed E-state index contributed by atoms with van der Waals surface area (Å²) in [5, 5.41) is 3.01. The summed E-state index contributed by atoms with van der Waals surface area (Å²) in [5.74, 6) is 0.0852. The van der Waals surface area contributed by atoms with Crippen LogP contribution in [-0.2, 0) is 16.1 Å². The van der Waals surface area contributed by atoms with Gasteiger partial charge in [0.15, 0.2) is 0 Å². The van der Waals surface area contributed by atoms with Crippen LogP contribution in [0.5, 0.6) is 0 Å². The van der Waals surface area contributed by atoms with Gasteiger partial charge in [-0.1, -0.05) is 24.3 Å². The Bertz CT molecular complexity index is 1070. The van der Waals surface area contributed by atoms with Crippen molar-refractivity contribution in [2.45, 2.75) is 52.1 Å². The Morgan fingerprint density at radius 1 is 1.26 bits per heavy atom. The van der Waals surface area contributed by atoms with E-state index in [1.54, 1.807) is 22.4 Å². The quantitative estimate of drug-likeness (QED) is 0.617. The molecule has 1 aromatic carbocycles. The summed E-state index contributed by atoms with van der Waals surface area (Å²) in [6.45, 7) is 6.78. The highest BCUT2D eigenvalue weighted by atomic mass is 32.1. The minimum atomic E-state index is -0.426. The molecular formula is C23H27N5O2S. The Labute approximate surface area is 185 Å². The first-order valence-electron chi connectivity index (χ1n) is 10.5. The number of nitrogens with one attached hydrogen (secondary N) is 2. The van der Waals surface area contributed by atoms with Gasteiger partial charge < -0.3 is 15.2 Å². The number of benzene rings is 1. The van der Waals surface area contributed by atoms with Crippen LogP contribution in [0.4, 0.5) is 0 Å². The van der Waals surface area contributed by atoms with E-state index in [0.717, 1.165) is 33.8 Å². The average Bonchev–Trinajstić information content (AvgIpc) is 3.52. The number of carbonyl (C=O) groups excluding carboxylic acids is 2. The van der Waals surface area contributed by atoms with Crippen LogP contribution in [0, 0.1) is 13.8 Å². The summed E-state index contributed by atoms with van der Waals surface area (Å²) in [7, 11) is 0. The van der Waals surface area contributed by atoms with Crippen LogP contribution in [-0.4, -0.2) is 44.3 Å². The molecule has 1 saturated heterocycles. The van der Waals surface area contributed by atoms with Crippen LogP contribution < -0.4 is 5.32 Å². The molecule has 0 saturated carbocycles. The highest BCUT2D eigenvalue weighted by Gasteiger charge is 2.36. The molecule has 2 aromatic heterocycles. The van der Waals surface area contributed by atoms with Crippen molar-refractivity contribution in [3.63, 3.8) is 0 Å². The van der Waals surface area contributed by atoms with Gasteiger partial charge in [-0.15, -0.1) is 11.3 Å². The van der Waals surface area contributed by atoms with Crippen LogP contribution in [0.3, 0.4) is 0 Å². The molecule has 2 N–H and O–H groups in total. The molecule has 4 rings (SSSR count). The molecule has 0 aliphatic carbocycles. The molecule has 1 aliphatic rings. The summed E-state index contributed by atoms with van der Waals surface area (Å²) in [4.78, 5) is 40.4. The number of likely N-dealkylation sites (tertiary alicyclic amines) is 1. The lowest BCUT2D eigenvalue weighted by Crippen LogP contribution is -2.47. The van der Waals surface area contributed by atoms with E-state index in [1.807, 2.05) is 38.4 Å². The van der Waals surface area contributed by atoms with Crippen molar-refractivity contribution in [3.05, 3.63) is 58.7 Å². The number of hydrogen-bond donors (Lipinski definition) is 2. The van der Waals surface area contributed by atoms with Crippen molar-refractivity contribution in [2.75, 3.05) is 6.54 Å². The highest BCUT2D eigenvalue weighted by Crippen LogP contribution is 2.27. The zero-order valence-corrected chi connectivity index (χ0v) is 18.8. The van der Waals surface area contributed by atoms with E-state index in [0.29, 0.717) is 25.3 Å². The Kier molecular flexibility index (Phi) is 6.18. The fourth-order valence-corrected chi connectivity index (χ4v) is 4.79. The number of aryl methyl sites for hydroxylation is 2. The normalized spacial score (nSPS) is 17.0. The SMILES string of the molecule is Cc1cnc(C(C)C(=O)N2CCCC2C(=O)NCc2ccc(-c3scnc3C)cc2)[nH]1. The highest BCUT2D eigenvalue weighted by molar-refractivity contribution is 7.13. The molecule has 1 aliphatic heterocycles. The molecule has 2 atom stereocenters. The number of aromatic nitrogens is 3. The summed E-state index contributed by atoms with van der Waals surface area (Å²) in [6, 6.07) is 7.73. The van der Waals surface area contributed by atoms with Gasteiger partial charge >= 0.3 is 0 Å². The molecule has 0 radical (unpaired) electrons. The molecular weight excluding hydrogens is 410 g/mol. The second-order valence-corrected chi connectivity index (χ2v) is 8.90. The molecule has 162 valence electrons. The maximum absolute atomic E-state index is 13.0. The molecule has 1 fully saturated rings. The number of hydrogen-bond acceptors (Lipinski definition) is 5. The van der Waals surface area contributed by atoms with E-state index < -0.39 is 12.0 Å². The van der Waals surface area contributed by atoms with Gasteiger partial charge in [-0.2, -0.15) is 0 Å². The number of amides is 2. The predicted octanol–water partition coefficient (Wildman–Crippen LogP) is 3.56. The van der Waals surface area contributed by atoms with E-state index in [1.165, 1.54) is 0 Å². The number of thiazole rings is 1. The van der Waals surface area contributed by atoms with E-state index in [9.17, 15) is 9.59 Å². The molecule has 0 spiro atoms. The van der Waals surface area contributed by atoms with Gasteiger partial charge in [0.25, 0.3) is 0 Å². The lowest BCUT2D eigenvalue weighted by molar-refractivity contribution is -0.139. The average molecular weight is 438 g/mol. The number of nitrogens with zero attached hydrogens (tertiary/aromatic N) is 3. The molecule has 7 nitrogen and oxygen atoms in total. The van der Waals surface area contributed by atoms with Gasteiger partial charge in [-0.3, -0.25) is 9.59 Å². The van der Waals surface area contributed by atoms with Crippen molar-refractivity contribution < 1.29 is 9.59 Å². The number of rotatable bonds is 6. The van der Waals surface area contributed by atoms with Crippen LogP contribution in [0.15, 0.2) is 36.0 Å². The van der Waals surface area contributed by atoms with Crippen molar-refractivity contribution in [1.82, 2.24) is 25.2 Å². The first-order valence-corrected chi connectivity index (χ1v) is 11.4. The summed E-state index contributed by atoms with van der Waals surface area (Å²) in [6.07, 6.45) is 3.23. The lowest BCUT2D eigenvalue weighted by atomic mass is 10.1. The largest absolute Gasteiger partial charge is 0.350 e. The zero-order chi connectivity index (χ0) is 22.0. The van der Waals surface area contributed by atoms with Crippen LogP contribution in [0.2, 0.25) is 0 Å². The Morgan fingerprint density at radius 2 is 2.03 bits per heavy atom. The van der Waals surface area contributed by atoms with E-state index in [-0.39, 0.29) is 11.8 Å². The van der Waals surface area contributed by atoms with Crippen LogP contribution >= 0.6 is 11.3 Å². The van der Waals surface area contributed by atoms with Crippen molar-refractivity contribution in [3.8, 4) is 10.4 Å². The summed E-state index contributed by atoms with van der Waals surface area (Å²) < 4.78 is 0. The van der Waals surface area contributed by atoms with Gasteiger partial charge in [0, 0.05) is 25.0 Å². The number of H-pyrrole nitrogens is 1. The molecule has 8 heteroatoms. The maximum Gasteiger partial charge on any atom is 0.243 e. The second-order valence-electron chi connectivity index (χ2n) is 8.04. The standard InChI is InChI=1S/C23H27N5O2S/c1-14-11-24-21(27-14)15(2)23(30)28-10-4-5-19(28)22(29)25-12-17-6-8-18(9-7-17)20-16(3)26-13-31-20/h6-9,11,13,15,19H,4-5,10,12H2,1-3H3,(H,24,27)(H,25,29). The van der Waals surface area contributed by atoms with Crippen molar-refractivity contribution >= 4 is 23.2 Å². The fourth-order valence-electron chi connectivity index (χ4n) is 3.98. The van der Waals surface area contributed by atoms with E-state index in [2.05, 4.69) is 32.4 Å². The minimum Gasteiger partial charge on any atom is -0.350 e.